The summed E-state index contributed by atoms with van der Waals surface area (Å²) < 4.78 is 0. The van der Waals surface area contributed by atoms with E-state index < -0.39 is 0 Å². The summed E-state index contributed by atoms with van der Waals surface area (Å²) in [6.45, 7) is 1.11. The van der Waals surface area contributed by atoms with Crippen LogP contribution in [0.3, 0.4) is 0 Å². The summed E-state index contributed by atoms with van der Waals surface area (Å²) in [7, 11) is 0. The summed E-state index contributed by atoms with van der Waals surface area (Å²) in [5, 5.41) is 10.8. The Kier molecular flexibility index (Phi) is 208. The van der Waals surface area contributed by atoms with E-state index in [0.717, 1.165) is 37.8 Å². The molecule has 0 aromatic heterocycles. The maximum Gasteiger partial charge on any atom is 0.234 e. The zero-order valence-corrected chi connectivity index (χ0v) is 9.77. The number of hydrogen-bond donors (Lipinski definition) is 2. The van der Waals surface area contributed by atoms with Crippen molar-refractivity contribution in [1.29, 1.82) is 10.8 Å². The van der Waals surface area contributed by atoms with Crippen LogP contribution in [0.1, 0.15) is 70.2 Å². The second-order valence-electron chi connectivity index (χ2n) is 2.56. The zero-order valence-electron chi connectivity index (χ0n) is 9.77. The first kappa shape index (κ1) is 57.8. The molecule has 0 bridgehead atoms. The minimum absolute atomic E-state index is 0. The van der Waals surface area contributed by atoms with Gasteiger partial charge in [0.05, 0.1) is 13.1 Å². The van der Waals surface area contributed by atoms with Crippen LogP contribution in [0.2, 0.25) is 0 Å². The number of nitrogens with one attached hydrogen (secondary N) is 2. The molecule has 0 aromatic carbocycles. The van der Waals surface area contributed by atoms with Gasteiger partial charge in [0.15, 0.2) is 0 Å². The van der Waals surface area contributed by atoms with Crippen molar-refractivity contribution in [3.05, 3.63) is 0 Å². The minimum atomic E-state index is 0. The molecule has 24 heavy (non-hydrogen) atoms. The summed E-state index contributed by atoms with van der Waals surface area (Å²) >= 11 is 0. The number of aliphatic imine (C=N–C) groups is 2. The molecule has 0 aliphatic heterocycles. The highest BCUT2D eigenvalue weighted by Gasteiger charge is 1.87. The van der Waals surface area contributed by atoms with E-state index in [0.29, 0.717) is 13.1 Å². The maximum atomic E-state index is 9.63. The Labute approximate surface area is 148 Å². The molecule has 0 aliphatic rings. The third kappa shape index (κ3) is 157. The average molecular weight is 351 g/mol. The molecule has 0 rings (SSSR count). The third-order valence-electron chi connectivity index (χ3n) is 1.42. The molecule has 0 aliphatic carbocycles. The van der Waals surface area contributed by atoms with Gasteiger partial charge in [0, 0.05) is 0 Å². The molecule has 0 heterocycles. The topological polar surface area (TPSA) is 141 Å². The fourth-order valence-corrected chi connectivity index (χ4v) is 0.827. The SMILES string of the molecule is C.C.C.C.C.C.N=C=O.N=C=O.O=C=NCCCCCCN=C=O. The molecule has 0 fully saturated rings. The van der Waals surface area contributed by atoms with Crippen molar-refractivity contribution in [3.63, 3.8) is 0 Å². The first-order valence-corrected chi connectivity index (χ1v) is 4.90. The fraction of sp³-hybridized carbons (Fsp3) is 0.750. The van der Waals surface area contributed by atoms with Gasteiger partial charge in [-0.15, -0.1) is 0 Å². The number of unbranched alkanes of at least 4 members (excludes halogenated alkanes) is 3. The van der Waals surface area contributed by atoms with Crippen molar-refractivity contribution in [2.45, 2.75) is 70.2 Å². The lowest BCUT2D eigenvalue weighted by Gasteiger charge is -1.93. The van der Waals surface area contributed by atoms with E-state index in [-0.39, 0.29) is 44.6 Å². The van der Waals surface area contributed by atoms with Crippen LogP contribution in [-0.2, 0) is 19.2 Å². The number of carbonyl (C=O) groups excluding carboxylic acids is 4. The van der Waals surface area contributed by atoms with Crippen molar-refractivity contribution < 1.29 is 19.2 Å². The molecule has 8 nitrogen and oxygen atoms in total. The molecular formula is C16H38N4O4. The van der Waals surface area contributed by atoms with Gasteiger partial charge < -0.3 is 0 Å². The van der Waals surface area contributed by atoms with Gasteiger partial charge in [-0.2, -0.15) is 0 Å². The van der Waals surface area contributed by atoms with Crippen LogP contribution in [0.5, 0.6) is 0 Å². The van der Waals surface area contributed by atoms with E-state index in [9.17, 15) is 9.59 Å². The predicted octanol–water partition coefficient (Wildman–Crippen LogP) is 4.84. The summed E-state index contributed by atoms with van der Waals surface area (Å²) in [6, 6.07) is 0. The van der Waals surface area contributed by atoms with Gasteiger partial charge >= 0.3 is 0 Å². The highest BCUT2D eigenvalue weighted by atomic mass is 16.1. The van der Waals surface area contributed by atoms with E-state index in [1.54, 1.807) is 0 Å². The Bertz CT molecular complexity index is 302. The Morgan fingerprint density at radius 3 is 0.917 bits per heavy atom. The number of rotatable bonds is 7. The van der Waals surface area contributed by atoms with Crippen LogP contribution in [0.15, 0.2) is 9.98 Å². The molecule has 0 atom stereocenters. The van der Waals surface area contributed by atoms with Crippen molar-refractivity contribution in [3.8, 4) is 0 Å². The maximum absolute atomic E-state index is 9.63. The monoisotopic (exact) mass is 350 g/mol. The summed E-state index contributed by atoms with van der Waals surface area (Å²) in [5.74, 6) is 0. The van der Waals surface area contributed by atoms with Gasteiger partial charge in [0.1, 0.15) is 0 Å². The van der Waals surface area contributed by atoms with Crippen molar-refractivity contribution in [1.82, 2.24) is 0 Å². The van der Waals surface area contributed by atoms with Crippen molar-refractivity contribution in [2.75, 3.05) is 13.1 Å². The van der Waals surface area contributed by atoms with Crippen molar-refractivity contribution in [2.24, 2.45) is 9.98 Å². The van der Waals surface area contributed by atoms with Crippen LogP contribution in [0.25, 0.3) is 0 Å². The zero-order chi connectivity index (χ0) is 14.5. The molecule has 0 saturated heterocycles. The number of nitrogens with zero attached hydrogens (tertiary/aromatic N) is 2. The summed E-state index contributed by atoms with van der Waals surface area (Å²) in [5.41, 5.74) is 0. The van der Waals surface area contributed by atoms with Crippen LogP contribution < -0.4 is 0 Å². The first-order chi connectivity index (χ1) is 8.74. The molecule has 2 N–H and O–H groups in total. The van der Waals surface area contributed by atoms with Gasteiger partial charge in [0.2, 0.25) is 24.3 Å². The van der Waals surface area contributed by atoms with Crippen LogP contribution in [0.4, 0.5) is 0 Å². The lowest BCUT2D eigenvalue weighted by Crippen LogP contribution is -1.84. The molecular weight excluding hydrogens is 312 g/mol. The molecule has 146 valence electrons. The molecule has 8 heteroatoms. The normalized spacial score (nSPS) is 4.83. The summed E-state index contributed by atoms with van der Waals surface area (Å²) in [4.78, 5) is 42.8. The molecule has 0 aromatic rings. The number of isocyanates is 4. The van der Waals surface area contributed by atoms with Crippen LogP contribution in [0, 0.1) is 10.8 Å². The third-order valence-corrected chi connectivity index (χ3v) is 1.42. The van der Waals surface area contributed by atoms with E-state index >= 15 is 0 Å². The Balaban J connectivity index is -0.0000000237. The van der Waals surface area contributed by atoms with E-state index in [4.69, 9.17) is 20.4 Å². The molecule has 0 unspecified atom stereocenters. The van der Waals surface area contributed by atoms with E-state index in [1.165, 1.54) is 12.2 Å². The first-order valence-electron chi connectivity index (χ1n) is 4.90. The average Bonchev–Trinajstić information content (AvgIpc) is 2.35. The van der Waals surface area contributed by atoms with Crippen LogP contribution in [-0.4, -0.2) is 37.4 Å². The van der Waals surface area contributed by atoms with Crippen LogP contribution >= 0.6 is 0 Å². The highest BCUT2D eigenvalue weighted by Crippen LogP contribution is 1.99. The van der Waals surface area contributed by atoms with Crippen molar-refractivity contribution >= 4 is 24.3 Å². The second-order valence-corrected chi connectivity index (χ2v) is 2.56. The van der Waals surface area contributed by atoms with Gasteiger partial charge in [-0.25, -0.2) is 40.0 Å². The Morgan fingerprint density at radius 2 is 0.750 bits per heavy atom. The quantitative estimate of drug-likeness (QED) is 0.385. The molecule has 0 radical (unpaired) electrons. The second kappa shape index (κ2) is 86.3. The molecule has 0 spiro atoms. The number of hydrogen-bond acceptors (Lipinski definition) is 8. The fourth-order valence-electron chi connectivity index (χ4n) is 0.827. The van der Waals surface area contributed by atoms with Gasteiger partial charge in [-0.1, -0.05) is 57.4 Å². The Hall–Kier alpha value is -2.48. The largest absolute Gasteiger partial charge is 0.234 e. The van der Waals surface area contributed by atoms with Gasteiger partial charge in [-0.05, 0) is 12.8 Å². The Morgan fingerprint density at radius 1 is 0.542 bits per heavy atom. The molecule has 0 amide bonds. The molecule has 0 saturated carbocycles. The summed E-state index contributed by atoms with van der Waals surface area (Å²) in [6.07, 6.45) is 8.30. The smallest absolute Gasteiger partial charge is 0.222 e. The lowest BCUT2D eigenvalue weighted by molar-refractivity contribution is 0.558. The highest BCUT2D eigenvalue weighted by molar-refractivity contribution is 5.32. The van der Waals surface area contributed by atoms with Gasteiger partial charge in [0.25, 0.3) is 0 Å². The predicted molar refractivity (Wildman–Crippen MR) is 102 cm³/mol. The minimum Gasteiger partial charge on any atom is -0.222 e. The lowest BCUT2D eigenvalue weighted by atomic mass is 10.2. The van der Waals surface area contributed by atoms with E-state index in [2.05, 4.69) is 9.98 Å². The van der Waals surface area contributed by atoms with Gasteiger partial charge in [-0.3, -0.25) is 0 Å². The van der Waals surface area contributed by atoms with E-state index in [1.807, 2.05) is 0 Å². The standard InChI is InChI=1S/C8H12N2O2.2CHNO.6CH4/c11-7-9-5-3-1-2-4-6-10-8-12;2*2-1-3;;;;;;/h1-6H2;2*2H;6*1H4.